The van der Waals surface area contributed by atoms with Gasteiger partial charge in [0.05, 0.1) is 16.8 Å². The molecule has 0 saturated heterocycles. The minimum Gasteiger partial charge on any atom is -0.333 e. The maximum atomic E-state index is 12.1. The van der Waals surface area contributed by atoms with Crippen molar-refractivity contribution in [1.29, 1.82) is 0 Å². The molecule has 122 valence electrons. The number of hydrogen-bond acceptors (Lipinski definition) is 4. The number of nitrogens with zero attached hydrogens (tertiary/aromatic N) is 1. The highest BCUT2D eigenvalue weighted by molar-refractivity contribution is 7.99. The fraction of sp³-hybridized carbons (Fsp3) is 0.167. The second kappa shape index (κ2) is 6.88. The van der Waals surface area contributed by atoms with Crippen LogP contribution < -0.4 is 5.32 Å². The van der Waals surface area contributed by atoms with Gasteiger partial charge in [-0.1, -0.05) is 30.0 Å². The molecule has 1 heterocycles. The lowest BCUT2D eigenvalue weighted by Gasteiger charge is -2.05. The normalized spacial score (nSPS) is 10.8. The van der Waals surface area contributed by atoms with Crippen molar-refractivity contribution in [2.45, 2.75) is 19.0 Å². The number of carbonyl (C=O) groups is 2. The first-order valence-electron chi connectivity index (χ1n) is 7.51. The zero-order valence-electron chi connectivity index (χ0n) is 13.4. The lowest BCUT2D eigenvalue weighted by atomic mass is 10.1. The maximum absolute atomic E-state index is 12.1. The van der Waals surface area contributed by atoms with E-state index in [1.54, 1.807) is 24.3 Å². The van der Waals surface area contributed by atoms with Gasteiger partial charge in [0.1, 0.15) is 0 Å². The Morgan fingerprint density at radius 2 is 2.04 bits per heavy atom. The summed E-state index contributed by atoms with van der Waals surface area (Å²) in [7, 11) is 0. The summed E-state index contributed by atoms with van der Waals surface area (Å²) < 4.78 is 0. The van der Waals surface area contributed by atoms with Crippen LogP contribution in [-0.2, 0) is 4.79 Å². The number of amides is 1. The molecule has 0 atom stereocenters. The lowest BCUT2D eigenvalue weighted by Crippen LogP contribution is -2.14. The van der Waals surface area contributed by atoms with Gasteiger partial charge in [-0.15, -0.1) is 0 Å². The number of nitrogens with one attached hydrogen (secondary N) is 2. The van der Waals surface area contributed by atoms with Gasteiger partial charge >= 0.3 is 0 Å². The first-order valence-corrected chi connectivity index (χ1v) is 8.50. The average molecular weight is 339 g/mol. The van der Waals surface area contributed by atoms with Gasteiger partial charge in [-0.25, -0.2) is 4.98 Å². The van der Waals surface area contributed by atoms with Gasteiger partial charge in [-0.2, -0.15) is 0 Å². The fourth-order valence-corrected chi connectivity index (χ4v) is 3.00. The average Bonchev–Trinajstić information content (AvgIpc) is 2.95. The molecule has 0 saturated carbocycles. The molecule has 0 spiro atoms. The number of Topliss-reactive ketones (excluding diaryl/α,β-unsaturated/α-hetero) is 1. The monoisotopic (exact) mass is 339 g/mol. The van der Waals surface area contributed by atoms with Crippen molar-refractivity contribution in [2.75, 3.05) is 11.1 Å². The van der Waals surface area contributed by atoms with Crippen molar-refractivity contribution >= 4 is 40.2 Å². The Hall–Kier alpha value is -2.60. The Morgan fingerprint density at radius 3 is 2.83 bits per heavy atom. The molecule has 3 aromatic rings. The van der Waals surface area contributed by atoms with Gasteiger partial charge < -0.3 is 10.3 Å². The molecule has 1 amide bonds. The van der Waals surface area contributed by atoms with E-state index in [2.05, 4.69) is 15.3 Å². The predicted octanol–water partition coefficient (Wildman–Crippen LogP) is 3.80. The van der Waals surface area contributed by atoms with Gasteiger partial charge in [-0.3, -0.25) is 9.59 Å². The van der Waals surface area contributed by atoms with E-state index in [0.29, 0.717) is 16.4 Å². The minimum absolute atomic E-state index is 0.0296. The molecule has 0 fully saturated rings. The zero-order valence-corrected chi connectivity index (χ0v) is 14.2. The summed E-state index contributed by atoms with van der Waals surface area (Å²) in [4.78, 5) is 31.1. The largest absolute Gasteiger partial charge is 0.333 e. The second-order valence-corrected chi connectivity index (χ2v) is 6.50. The quantitative estimate of drug-likeness (QED) is 0.547. The first-order chi connectivity index (χ1) is 11.5. The number of benzene rings is 2. The number of carbonyl (C=O) groups excluding carboxylic acids is 2. The highest BCUT2D eigenvalue weighted by Gasteiger charge is 2.08. The van der Waals surface area contributed by atoms with Gasteiger partial charge in [0.15, 0.2) is 10.9 Å². The third-order valence-corrected chi connectivity index (χ3v) is 4.38. The summed E-state index contributed by atoms with van der Waals surface area (Å²) in [5, 5.41) is 3.51. The van der Waals surface area contributed by atoms with Crippen LogP contribution in [0.25, 0.3) is 11.0 Å². The van der Waals surface area contributed by atoms with E-state index < -0.39 is 0 Å². The molecule has 0 aliphatic heterocycles. The molecule has 0 unspecified atom stereocenters. The summed E-state index contributed by atoms with van der Waals surface area (Å²) in [5.74, 6) is 0.0682. The van der Waals surface area contributed by atoms with E-state index in [1.165, 1.54) is 18.7 Å². The highest BCUT2D eigenvalue weighted by Crippen LogP contribution is 2.20. The zero-order chi connectivity index (χ0) is 17.1. The van der Waals surface area contributed by atoms with Crippen molar-refractivity contribution in [3.63, 3.8) is 0 Å². The van der Waals surface area contributed by atoms with Crippen LogP contribution in [0, 0.1) is 6.92 Å². The summed E-state index contributed by atoms with van der Waals surface area (Å²) >= 11 is 1.34. The molecule has 2 aromatic carbocycles. The predicted molar refractivity (Wildman–Crippen MR) is 96.6 cm³/mol. The van der Waals surface area contributed by atoms with Gasteiger partial charge in [0.2, 0.25) is 5.91 Å². The van der Waals surface area contributed by atoms with Crippen LogP contribution in [0.3, 0.4) is 0 Å². The van der Waals surface area contributed by atoms with Gasteiger partial charge in [0, 0.05) is 11.3 Å². The number of ketones is 1. The van der Waals surface area contributed by atoms with Crippen LogP contribution in [0.5, 0.6) is 0 Å². The number of rotatable bonds is 5. The minimum atomic E-state index is -0.141. The molecule has 2 N–H and O–H groups in total. The topological polar surface area (TPSA) is 74.8 Å². The van der Waals surface area contributed by atoms with Gasteiger partial charge in [-0.05, 0) is 43.7 Å². The van der Waals surface area contributed by atoms with E-state index in [0.717, 1.165) is 16.6 Å². The van der Waals surface area contributed by atoms with Crippen LogP contribution >= 0.6 is 11.8 Å². The smallest absolute Gasteiger partial charge is 0.234 e. The number of anilines is 1. The Bertz CT molecular complexity index is 918. The van der Waals surface area contributed by atoms with Crippen LogP contribution in [-0.4, -0.2) is 27.4 Å². The van der Waals surface area contributed by atoms with Crippen molar-refractivity contribution in [2.24, 2.45) is 0 Å². The molecule has 24 heavy (non-hydrogen) atoms. The van der Waals surface area contributed by atoms with Crippen molar-refractivity contribution in [1.82, 2.24) is 9.97 Å². The Labute approximate surface area is 143 Å². The van der Waals surface area contributed by atoms with Gasteiger partial charge in [0.25, 0.3) is 0 Å². The number of imidazole rings is 1. The lowest BCUT2D eigenvalue weighted by molar-refractivity contribution is -0.113. The number of aryl methyl sites for hydroxylation is 1. The van der Waals surface area contributed by atoms with Crippen molar-refractivity contribution < 1.29 is 9.59 Å². The van der Waals surface area contributed by atoms with E-state index in [4.69, 9.17) is 0 Å². The highest BCUT2D eigenvalue weighted by atomic mass is 32.2. The summed E-state index contributed by atoms with van der Waals surface area (Å²) in [6.45, 7) is 3.52. The molecule has 5 nitrogen and oxygen atoms in total. The number of H-pyrrole nitrogens is 1. The fourth-order valence-electron chi connectivity index (χ4n) is 2.32. The second-order valence-electron chi connectivity index (χ2n) is 5.54. The van der Waals surface area contributed by atoms with Crippen molar-refractivity contribution in [3.05, 3.63) is 53.6 Å². The summed E-state index contributed by atoms with van der Waals surface area (Å²) in [6, 6.07) is 12.9. The van der Waals surface area contributed by atoms with E-state index in [1.807, 2.05) is 25.1 Å². The molecular formula is C18H17N3O2S. The molecule has 0 radical (unpaired) electrons. The molecule has 0 bridgehead atoms. The van der Waals surface area contributed by atoms with E-state index >= 15 is 0 Å². The molecule has 0 aliphatic carbocycles. The van der Waals surface area contributed by atoms with Crippen LogP contribution in [0.15, 0.2) is 47.6 Å². The molecular weight excluding hydrogens is 322 g/mol. The van der Waals surface area contributed by atoms with Crippen molar-refractivity contribution in [3.8, 4) is 0 Å². The van der Waals surface area contributed by atoms with Crippen LogP contribution in [0.2, 0.25) is 0 Å². The maximum Gasteiger partial charge on any atom is 0.234 e. The Morgan fingerprint density at radius 1 is 1.21 bits per heavy atom. The standard InChI is InChI=1S/C18H17N3O2S/c1-11-6-7-15-16(8-11)21-18(20-15)24-10-17(23)19-14-5-3-4-13(9-14)12(2)22/h3-9H,10H2,1-2H3,(H,19,23)(H,20,21). The number of fused-ring (bicyclic) bond motifs is 1. The number of thioether (sulfide) groups is 1. The molecule has 6 heteroatoms. The number of aromatic nitrogens is 2. The molecule has 3 rings (SSSR count). The third kappa shape index (κ3) is 3.83. The van der Waals surface area contributed by atoms with E-state index in [-0.39, 0.29) is 17.4 Å². The molecule has 0 aliphatic rings. The Balaban J connectivity index is 1.62. The summed E-state index contributed by atoms with van der Waals surface area (Å²) in [5.41, 5.74) is 4.21. The number of aromatic amines is 1. The SMILES string of the molecule is CC(=O)c1cccc(NC(=O)CSc2nc3ccc(C)cc3[nH]2)c1. The third-order valence-electron chi connectivity index (χ3n) is 3.51. The Kier molecular flexibility index (Phi) is 4.66. The molecule has 1 aromatic heterocycles. The van der Waals surface area contributed by atoms with E-state index in [9.17, 15) is 9.59 Å². The van der Waals surface area contributed by atoms with Crippen LogP contribution in [0.1, 0.15) is 22.8 Å². The van der Waals surface area contributed by atoms with Crippen LogP contribution in [0.4, 0.5) is 5.69 Å². The first kappa shape index (κ1) is 16.3. The number of hydrogen-bond donors (Lipinski definition) is 2. The summed E-state index contributed by atoms with van der Waals surface area (Å²) in [6.07, 6.45) is 0.